The molecule has 1 rings (SSSR count). The summed E-state index contributed by atoms with van der Waals surface area (Å²) in [5, 5.41) is 0.772. The predicted molar refractivity (Wildman–Crippen MR) is 69.3 cm³/mol. The Morgan fingerprint density at radius 1 is 1.47 bits per heavy atom. The summed E-state index contributed by atoms with van der Waals surface area (Å²) in [5.74, 6) is 0.926. The topological polar surface area (TPSA) is 9.23 Å². The molecule has 15 heavy (non-hydrogen) atoms. The standard InChI is InChI=1S/C12H16BrClO/c1-3-10(13)5-4-9-8-11(14)6-7-12(9)15-2/h6-8,10H,3-5H2,1-2H3. The number of aryl methyl sites for hydroxylation is 1. The van der Waals surface area contributed by atoms with Gasteiger partial charge >= 0.3 is 0 Å². The van der Waals surface area contributed by atoms with Crippen molar-refractivity contribution in [2.24, 2.45) is 0 Å². The summed E-state index contributed by atoms with van der Waals surface area (Å²) in [4.78, 5) is 0.571. The Morgan fingerprint density at radius 2 is 2.20 bits per heavy atom. The van der Waals surface area contributed by atoms with Crippen LogP contribution in [0.3, 0.4) is 0 Å². The molecule has 0 heterocycles. The quantitative estimate of drug-likeness (QED) is 0.728. The Kier molecular flexibility index (Phi) is 5.48. The highest BCUT2D eigenvalue weighted by Crippen LogP contribution is 2.25. The van der Waals surface area contributed by atoms with Gasteiger partial charge in [-0.1, -0.05) is 34.5 Å². The second-order valence-electron chi connectivity index (χ2n) is 3.50. The zero-order valence-corrected chi connectivity index (χ0v) is 11.4. The van der Waals surface area contributed by atoms with Gasteiger partial charge in [-0.15, -0.1) is 0 Å². The van der Waals surface area contributed by atoms with Gasteiger partial charge in [0.05, 0.1) is 7.11 Å². The van der Waals surface area contributed by atoms with Gasteiger partial charge in [0.15, 0.2) is 0 Å². The molecular formula is C12H16BrClO. The molecule has 3 heteroatoms. The highest BCUT2D eigenvalue weighted by Gasteiger charge is 2.06. The summed E-state index contributed by atoms with van der Waals surface area (Å²) in [5.41, 5.74) is 1.18. The molecule has 1 aromatic carbocycles. The monoisotopic (exact) mass is 290 g/mol. The van der Waals surface area contributed by atoms with Crippen molar-refractivity contribution in [3.63, 3.8) is 0 Å². The molecule has 0 radical (unpaired) electrons. The van der Waals surface area contributed by atoms with Crippen molar-refractivity contribution in [1.82, 2.24) is 0 Å². The molecule has 0 spiro atoms. The Morgan fingerprint density at radius 3 is 2.80 bits per heavy atom. The molecule has 0 saturated carbocycles. The van der Waals surface area contributed by atoms with Crippen LogP contribution in [0.25, 0.3) is 0 Å². The predicted octanol–water partition coefficient (Wildman–Crippen LogP) is 4.45. The third kappa shape index (κ3) is 4.04. The molecular weight excluding hydrogens is 275 g/mol. The average Bonchev–Trinajstić information content (AvgIpc) is 2.26. The van der Waals surface area contributed by atoms with Crippen molar-refractivity contribution in [3.05, 3.63) is 28.8 Å². The van der Waals surface area contributed by atoms with Crippen LogP contribution in [0, 0.1) is 0 Å². The van der Waals surface area contributed by atoms with E-state index in [1.807, 2.05) is 18.2 Å². The van der Waals surface area contributed by atoms with Crippen molar-refractivity contribution in [1.29, 1.82) is 0 Å². The molecule has 1 unspecified atom stereocenters. The van der Waals surface area contributed by atoms with E-state index in [-0.39, 0.29) is 0 Å². The lowest BCUT2D eigenvalue weighted by molar-refractivity contribution is 0.409. The van der Waals surface area contributed by atoms with Crippen LogP contribution in [0.1, 0.15) is 25.3 Å². The minimum atomic E-state index is 0.571. The third-order valence-electron chi connectivity index (χ3n) is 2.41. The molecule has 84 valence electrons. The van der Waals surface area contributed by atoms with E-state index in [0.29, 0.717) is 4.83 Å². The second-order valence-corrected chi connectivity index (χ2v) is 5.23. The van der Waals surface area contributed by atoms with Crippen LogP contribution in [-0.2, 0) is 6.42 Å². The summed E-state index contributed by atoms with van der Waals surface area (Å²) in [6.45, 7) is 2.18. The minimum absolute atomic E-state index is 0.571. The first-order valence-corrected chi connectivity index (χ1v) is 6.43. The maximum atomic E-state index is 5.96. The fourth-order valence-corrected chi connectivity index (χ4v) is 1.88. The molecule has 0 aliphatic heterocycles. The van der Waals surface area contributed by atoms with Crippen LogP contribution in [0.15, 0.2) is 18.2 Å². The Bertz CT molecular complexity index is 314. The number of halogens is 2. The number of hydrogen-bond donors (Lipinski definition) is 0. The third-order valence-corrected chi connectivity index (χ3v) is 3.75. The second kappa shape index (κ2) is 6.39. The number of hydrogen-bond acceptors (Lipinski definition) is 1. The number of methoxy groups -OCH3 is 1. The fourth-order valence-electron chi connectivity index (χ4n) is 1.46. The highest BCUT2D eigenvalue weighted by molar-refractivity contribution is 9.09. The van der Waals surface area contributed by atoms with Crippen molar-refractivity contribution >= 4 is 27.5 Å². The first-order valence-electron chi connectivity index (χ1n) is 5.13. The van der Waals surface area contributed by atoms with E-state index in [4.69, 9.17) is 16.3 Å². The van der Waals surface area contributed by atoms with Gasteiger partial charge < -0.3 is 4.74 Å². The molecule has 0 aliphatic rings. The maximum Gasteiger partial charge on any atom is 0.122 e. The lowest BCUT2D eigenvalue weighted by Gasteiger charge is -2.10. The summed E-state index contributed by atoms with van der Waals surface area (Å²) in [6.07, 6.45) is 3.24. The molecule has 0 aromatic heterocycles. The van der Waals surface area contributed by atoms with Crippen molar-refractivity contribution < 1.29 is 4.74 Å². The molecule has 1 aromatic rings. The molecule has 0 bridgehead atoms. The van der Waals surface area contributed by atoms with Gasteiger partial charge in [0.25, 0.3) is 0 Å². The van der Waals surface area contributed by atoms with Crippen molar-refractivity contribution in [2.75, 3.05) is 7.11 Å². The van der Waals surface area contributed by atoms with Crippen LogP contribution in [-0.4, -0.2) is 11.9 Å². The molecule has 0 N–H and O–H groups in total. The first-order chi connectivity index (χ1) is 7.17. The van der Waals surface area contributed by atoms with Gasteiger partial charge in [-0.2, -0.15) is 0 Å². The van der Waals surface area contributed by atoms with E-state index in [1.54, 1.807) is 7.11 Å². The van der Waals surface area contributed by atoms with Crippen LogP contribution in [0.5, 0.6) is 5.75 Å². The maximum absolute atomic E-state index is 5.96. The number of ether oxygens (including phenoxy) is 1. The van der Waals surface area contributed by atoms with E-state index in [9.17, 15) is 0 Å². The van der Waals surface area contributed by atoms with Gasteiger partial charge in [-0.3, -0.25) is 0 Å². The van der Waals surface area contributed by atoms with E-state index in [0.717, 1.165) is 30.0 Å². The van der Waals surface area contributed by atoms with Crippen LogP contribution >= 0.6 is 27.5 Å². The summed E-state index contributed by atoms with van der Waals surface area (Å²) in [6, 6.07) is 5.76. The van der Waals surface area contributed by atoms with Gasteiger partial charge in [0.1, 0.15) is 5.75 Å². The van der Waals surface area contributed by atoms with Gasteiger partial charge in [-0.05, 0) is 43.0 Å². The largest absolute Gasteiger partial charge is 0.496 e. The molecule has 0 saturated heterocycles. The molecule has 0 aliphatic carbocycles. The SMILES string of the molecule is CCC(Br)CCc1cc(Cl)ccc1OC. The van der Waals surface area contributed by atoms with Crippen LogP contribution in [0.4, 0.5) is 0 Å². The van der Waals surface area contributed by atoms with Gasteiger partial charge in [0.2, 0.25) is 0 Å². The van der Waals surface area contributed by atoms with Crippen molar-refractivity contribution in [2.45, 2.75) is 31.0 Å². The van der Waals surface area contributed by atoms with Crippen molar-refractivity contribution in [3.8, 4) is 5.75 Å². The highest BCUT2D eigenvalue weighted by atomic mass is 79.9. The normalized spacial score (nSPS) is 12.5. The van der Waals surface area contributed by atoms with Crippen LogP contribution < -0.4 is 4.74 Å². The summed E-state index contributed by atoms with van der Waals surface area (Å²) in [7, 11) is 1.69. The molecule has 0 fully saturated rings. The van der Waals surface area contributed by atoms with E-state index in [2.05, 4.69) is 22.9 Å². The van der Waals surface area contributed by atoms with Crippen LogP contribution in [0.2, 0.25) is 5.02 Å². The Balaban J connectivity index is 2.69. The lowest BCUT2D eigenvalue weighted by Crippen LogP contribution is -1.99. The fraction of sp³-hybridized carbons (Fsp3) is 0.500. The molecule has 0 amide bonds. The minimum Gasteiger partial charge on any atom is -0.496 e. The van der Waals surface area contributed by atoms with Gasteiger partial charge in [-0.25, -0.2) is 0 Å². The first kappa shape index (κ1) is 12.9. The van der Waals surface area contributed by atoms with E-state index < -0.39 is 0 Å². The Hall–Kier alpha value is -0.210. The number of rotatable bonds is 5. The number of alkyl halides is 1. The average molecular weight is 292 g/mol. The number of benzene rings is 1. The molecule has 1 atom stereocenters. The smallest absolute Gasteiger partial charge is 0.122 e. The van der Waals surface area contributed by atoms with E-state index in [1.165, 1.54) is 5.56 Å². The Labute approximate surface area is 105 Å². The zero-order chi connectivity index (χ0) is 11.3. The summed E-state index contributed by atoms with van der Waals surface area (Å²) >= 11 is 9.58. The van der Waals surface area contributed by atoms with Gasteiger partial charge in [0, 0.05) is 9.85 Å². The van der Waals surface area contributed by atoms with E-state index >= 15 is 0 Å². The lowest BCUT2D eigenvalue weighted by atomic mass is 10.1. The molecule has 1 nitrogen and oxygen atoms in total. The zero-order valence-electron chi connectivity index (χ0n) is 9.09. The summed E-state index contributed by atoms with van der Waals surface area (Å²) < 4.78 is 5.29.